The molecule has 0 amide bonds. The maximum atomic E-state index is 11.5. The van der Waals surface area contributed by atoms with Crippen LogP contribution in [0.3, 0.4) is 0 Å². The maximum absolute atomic E-state index is 11.5. The monoisotopic (exact) mass is 189 g/mol. The van der Waals surface area contributed by atoms with Gasteiger partial charge in [-0.3, -0.25) is 4.79 Å². The van der Waals surface area contributed by atoms with Crippen molar-refractivity contribution in [1.82, 2.24) is 0 Å². The molecule has 0 aliphatic heterocycles. The first-order valence-electron chi connectivity index (χ1n) is 4.95. The summed E-state index contributed by atoms with van der Waals surface area (Å²) in [6, 6.07) is 9.99. The molecule has 0 aromatic heterocycles. The summed E-state index contributed by atoms with van der Waals surface area (Å²) in [6.07, 6.45) is 0.860. The van der Waals surface area contributed by atoms with Gasteiger partial charge in [-0.25, -0.2) is 0 Å². The van der Waals surface area contributed by atoms with Gasteiger partial charge in [0.2, 0.25) is 0 Å². The molecule has 1 aromatic carbocycles. The van der Waals surface area contributed by atoms with E-state index in [1.165, 1.54) is 5.92 Å². The van der Waals surface area contributed by atoms with E-state index in [1.807, 2.05) is 30.3 Å². The van der Waals surface area contributed by atoms with Gasteiger partial charge in [0.25, 0.3) is 0 Å². The van der Waals surface area contributed by atoms with Crippen molar-refractivity contribution in [3.8, 4) is 0 Å². The Hall–Kier alpha value is -1.11. The molecule has 1 nitrogen and oxygen atoms in total. The average Bonchev–Trinajstić information content (AvgIpc) is 2.15. The number of hydrogen-bond acceptors (Lipinski definition) is 1. The number of carbonyl (C=O) groups is 1. The molecule has 1 heteroatoms. The Morgan fingerprint density at radius 2 is 1.71 bits per heavy atom. The minimum absolute atomic E-state index is 0.0428. The molecule has 0 fully saturated rings. The fourth-order valence-corrected chi connectivity index (χ4v) is 1.59. The van der Waals surface area contributed by atoms with E-state index in [0.29, 0.717) is 0 Å². The van der Waals surface area contributed by atoms with Gasteiger partial charge in [0.05, 0.1) is 0 Å². The standard InChI is InChI=1S/C13H17O/c1-10(2)9-13(11(3)14)12-7-5-4-6-8-12/h4-8,13H,9H2,1-3H3. The summed E-state index contributed by atoms with van der Waals surface area (Å²) in [4.78, 5) is 11.5. The zero-order valence-electron chi connectivity index (χ0n) is 9.08. The van der Waals surface area contributed by atoms with Crippen LogP contribution < -0.4 is 0 Å². The zero-order chi connectivity index (χ0) is 10.6. The summed E-state index contributed by atoms with van der Waals surface area (Å²) in [5.74, 6) is 1.59. The molecule has 1 rings (SSSR count). The molecule has 1 radical (unpaired) electrons. The minimum atomic E-state index is 0.0428. The molecular formula is C13H17O. The summed E-state index contributed by atoms with van der Waals surface area (Å²) in [5.41, 5.74) is 1.13. The first-order valence-corrected chi connectivity index (χ1v) is 4.95. The van der Waals surface area contributed by atoms with Crippen LogP contribution >= 0.6 is 0 Å². The van der Waals surface area contributed by atoms with E-state index in [4.69, 9.17) is 0 Å². The summed E-state index contributed by atoms with van der Waals surface area (Å²) in [5, 5.41) is 0. The highest BCUT2D eigenvalue weighted by Gasteiger charge is 2.17. The van der Waals surface area contributed by atoms with Crippen LogP contribution in [0.5, 0.6) is 0 Å². The van der Waals surface area contributed by atoms with E-state index in [1.54, 1.807) is 6.92 Å². The number of Topliss-reactive ketones (excluding diaryl/α,β-unsaturated/α-hetero) is 1. The normalized spacial score (nSPS) is 12.9. The van der Waals surface area contributed by atoms with Crippen LogP contribution in [0.15, 0.2) is 30.3 Å². The van der Waals surface area contributed by atoms with Gasteiger partial charge in [0.1, 0.15) is 5.78 Å². The third-order valence-electron chi connectivity index (χ3n) is 2.31. The van der Waals surface area contributed by atoms with Gasteiger partial charge < -0.3 is 0 Å². The minimum Gasteiger partial charge on any atom is -0.299 e. The lowest BCUT2D eigenvalue weighted by Crippen LogP contribution is -2.10. The molecular weight excluding hydrogens is 172 g/mol. The van der Waals surface area contributed by atoms with Crippen LogP contribution in [0.1, 0.15) is 38.7 Å². The molecule has 0 N–H and O–H groups in total. The van der Waals surface area contributed by atoms with Crippen LogP contribution in [0, 0.1) is 5.92 Å². The fraction of sp³-hybridized carbons (Fsp3) is 0.385. The Morgan fingerprint density at radius 1 is 1.14 bits per heavy atom. The van der Waals surface area contributed by atoms with Crippen molar-refractivity contribution < 1.29 is 4.79 Å². The quantitative estimate of drug-likeness (QED) is 0.709. The molecule has 14 heavy (non-hydrogen) atoms. The highest BCUT2D eigenvalue weighted by Crippen LogP contribution is 2.25. The van der Waals surface area contributed by atoms with Crippen molar-refractivity contribution in [2.24, 2.45) is 0 Å². The molecule has 1 unspecified atom stereocenters. The molecule has 75 valence electrons. The molecule has 0 heterocycles. The fourth-order valence-electron chi connectivity index (χ4n) is 1.59. The third kappa shape index (κ3) is 2.99. The smallest absolute Gasteiger partial charge is 0.137 e. The number of hydrogen-bond donors (Lipinski definition) is 0. The lowest BCUT2D eigenvalue weighted by Gasteiger charge is -2.15. The average molecular weight is 189 g/mol. The summed E-state index contributed by atoms with van der Waals surface area (Å²) >= 11 is 0. The summed E-state index contributed by atoms with van der Waals surface area (Å²) < 4.78 is 0. The highest BCUT2D eigenvalue weighted by molar-refractivity contribution is 5.83. The Bertz CT molecular complexity index is 287. The first kappa shape index (κ1) is 11.0. The van der Waals surface area contributed by atoms with Gasteiger partial charge >= 0.3 is 0 Å². The van der Waals surface area contributed by atoms with Gasteiger partial charge in [-0.15, -0.1) is 0 Å². The first-order chi connectivity index (χ1) is 6.61. The van der Waals surface area contributed by atoms with E-state index in [-0.39, 0.29) is 11.7 Å². The summed E-state index contributed by atoms with van der Waals surface area (Å²) in [7, 11) is 0. The number of benzene rings is 1. The molecule has 0 bridgehead atoms. The number of rotatable bonds is 4. The maximum Gasteiger partial charge on any atom is 0.137 e. The van der Waals surface area contributed by atoms with E-state index < -0.39 is 0 Å². The van der Waals surface area contributed by atoms with Gasteiger partial charge in [-0.2, -0.15) is 0 Å². The summed E-state index contributed by atoms with van der Waals surface area (Å²) in [6.45, 7) is 5.80. The van der Waals surface area contributed by atoms with Crippen molar-refractivity contribution in [3.63, 3.8) is 0 Å². The molecule has 0 aliphatic rings. The van der Waals surface area contributed by atoms with Crippen LogP contribution in [0.4, 0.5) is 0 Å². The van der Waals surface area contributed by atoms with Gasteiger partial charge in [-0.1, -0.05) is 44.2 Å². The van der Waals surface area contributed by atoms with E-state index in [0.717, 1.165) is 12.0 Å². The van der Waals surface area contributed by atoms with Crippen molar-refractivity contribution in [2.45, 2.75) is 33.1 Å². The van der Waals surface area contributed by atoms with Crippen molar-refractivity contribution in [3.05, 3.63) is 41.8 Å². The third-order valence-corrected chi connectivity index (χ3v) is 2.31. The molecule has 1 aromatic rings. The Balaban J connectivity index is 2.84. The second-order valence-corrected chi connectivity index (χ2v) is 3.99. The second-order valence-electron chi connectivity index (χ2n) is 3.99. The molecule has 0 aliphatic carbocycles. The van der Waals surface area contributed by atoms with Gasteiger partial charge in [0.15, 0.2) is 0 Å². The SMILES string of the molecule is C[C](C)CC(C(C)=O)c1ccccc1. The van der Waals surface area contributed by atoms with Crippen LogP contribution in [0.2, 0.25) is 0 Å². The second kappa shape index (κ2) is 4.94. The van der Waals surface area contributed by atoms with Gasteiger partial charge in [0, 0.05) is 5.92 Å². The lowest BCUT2D eigenvalue weighted by molar-refractivity contribution is -0.118. The van der Waals surface area contributed by atoms with E-state index in [9.17, 15) is 4.79 Å². The largest absolute Gasteiger partial charge is 0.299 e. The lowest BCUT2D eigenvalue weighted by atomic mass is 9.88. The van der Waals surface area contributed by atoms with Crippen LogP contribution in [-0.4, -0.2) is 5.78 Å². The van der Waals surface area contributed by atoms with E-state index in [2.05, 4.69) is 13.8 Å². The van der Waals surface area contributed by atoms with Crippen molar-refractivity contribution in [2.75, 3.05) is 0 Å². The molecule has 0 spiro atoms. The van der Waals surface area contributed by atoms with Crippen LogP contribution in [-0.2, 0) is 4.79 Å². The zero-order valence-corrected chi connectivity index (χ0v) is 9.08. The van der Waals surface area contributed by atoms with Gasteiger partial charge in [-0.05, 0) is 24.8 Å². The Labute approximate surface area is 86.1 Å². The van der Waals surface area contributed by atoms with Crippen LogP contribution in [0.25, 0.3) is 0 Å². The van der Waals surface area contributed by atoms with E-state index >= 15 is 0 Å². The van der Waals surface area contributed by atoms with Crippen molar-refractivity contribution in [1.29, 1.82) is 0 Å². The number of carbonyl (C=O) groups excluding carboxylic acids is 1. The predicted molar refractivity (Wildman–Crippen MR) is 59.1 cm³/mol. The predicted octanol–water partition coefficient (Wildman–Crippen LogP) is 3.36. The molecule has 1 atom stereocenters. The Morgan fingerprint density at radius 3 is 2.14 bits per heavy atom. The molecule has 0 saturated carbocycles. The highest BCUT2D eigenvalue weighted by atomic mass is 16.1. The number of ketones is 1. The topological polar surface area (TPSA) is 17.1 Å². The Kier molecular flexibility index (Phi) is 3.87. The van der Waals surface area contributed by atoms with Crippen molar-refractivity contribution >= 4 is 5.78 Å². The molecule has 0 saturated heterocycles.